The summed E-state index contributed by atoms with van der Waals surface area (Å²) in [5, 5.41) is 10.7. The Hall–Kier alpha value is -1.87. The number of carbonyl (C=O) groups is 2. The number of carbonyl (C=O) groups excluding carboxylic acids is 2. The molecule has 0 saturated heterocycles. The average molecular weight is 415 g/mol. The van der Waals surface area contributed by atoms with Crippen molar-refractivity contribution in [1.29, 1.82) is 0 Å². The van der Waals surface area contributed by atoms with Crippen LogP contribution in [0.4, 0.5) is 13.2 Å². The van der Waals surface area contributed by atoms with Crippen molar-refractivity contribution in [2.24, 2.45) is 11.8 Å². The number of aromatic nitrogens is 1. The molecule has 2 aliphatic carbocycles. The number of allylic oxidation sites excluding steroid dienone is 1. The zero-order valence-corrected chi connectivity index (χ0v) is 16.0. The lowest BCUT2D eigenvalue weighted by Crippen LogP contribution is -2.30. The van der Waals surface area contributed by atoms with Crippen molar-refractivity contribution >= 4 is 29.1 Å². The van der Waals surface area contributed by atoms with E-state index in [2.05, 4.69) is 4.98 Å². The summed E-state index contributed by atoms with van der Waals surface area (Å²) in [5.41, 5.74) is -1.67. The van der Waals surface area contributed by atoms with Gasteiger partial charge in [-0.3, -0.25) is 9.59 Å². The molecule has 2 saturated carbocycles. The predicted molar refractivity (Wildman–Crippen MR) is 97.7 cm³/mol. The average Bonchev–Trinajstić information content (AvgIpc) is 3.10. The van der Waals surface area contributed by atoms with Crippen LogP contribution in [0.25, 0.3) is 5.76 Å². The number of hydrogen-bond donors (Lipinski definition) is 1. The van der Waals surface area contributed by atoms with Crippen LogP contribution in [-0.2, 0) is 27.1 Å². The molecule has 2 atom stereocenters. The van der Waals surface area contributed by atoms with E-state index in [0.717, 1.165) is 12.1 Å². The molecule has 9 heteroatoms. The molecule has 1 N–H and O–H groups in total. The summed E-state index contributed by atoms with van der Waals surface area (Å²) in [6, 6.07) is 1.77. The Kier molecular flexibility index (Phi) is 6.14. The van der Waals surface area contributed by atoms with Gasteiger partial charge in [0.2, 0.25) is 0 Å². The normalized spacial score (nSPS) is 22.1. The zero-order chi connectivity index (χ0) is 20.5. The number of halogens is 3. The third-order valence-electron chi connectivity index (χ3n) is 5.09. The summed E-state index contributed by atoms with van der Waals surface area (Å²) >= 11 is 1.51. The van der Waals surface area contributed by atoms with Crippen LogP contribution in [0.5, 0.6) is 0 Å². The molecule has 1 aromatic rings. The number of hydrogen-bond acceptors (Lipinski definition) is 6. The molecular weight excluding hydrogens is 395 g/mol. The molecule has 152 valence electrons. The quantitative estimate of drug-likeness (QED) is 0.330. The van der Waals surface area contributed by atoms with Crippen LogP contribution in [-0.4, -0.2) is 40.3 Å². The van der Waals surface area contributed by atoms with Gasteiger partial charge in [-0.25, -0.2) is 4.98 Å². The highest BCUT2D eigenvalue weighted by Gasteiger charge is 2.45. The second kappa shape index (κ2) is 8.24. The van der Waals surface area contributed by atoms with Crippen molar-refractivity contribution < 1.29 is 32.6 Å². The number of aliphatic hydroxyl groups excluding tert-OH is 1. The Morgan fingerprint density at radius 3 is 2.46 bits per heavy atom. The van der Waals surface area contributed by atoms with Crippen LogP contribution in [0.15, 0.2) is 17.7 Å². The number of rotatable bonds is 6. The smallest absolute Gasteiger partial charge is 0.433 e. The van der Waals surface area contributed by atoms with Gasteiger partial charge in [0, 0.05) is 23.2 Å². The van der Waals surface area contributed by atoms with Crippen molar-refractivity contribution in [3.8, 4) is 0 Å². The molecule has 2 fully saturated rings. The molecule has 0 amide bonds. The zero-order valence-electron chi connectivity index (χ0n) is 15.2. The third-order valence-corrected chi connectivity index (χ3v) is 5.67. The Morgan fingerprint density at radius 2 is 1.89 bits per heavy atom. The van der Waals surface area contributed by atoms with Crippen LogP contribution in [0.2, 0.25) is 0 Å². The van der Waals surface area contributed by atoms with E-state index >= 15 is 0 Å². The van der Waals surface area contributed by atoms with Crippen LogP contribution >= 0.6 is 11.8 Å². The van der Waals surface area contributed by atoms with E-state index in [-0.39, 0.29) is 41.9 Å². The van der Waals surface area contributed by atoms with Crippen LogP contribution in [0.1, 0.15) is 36.2 Å². The molecule has 1 heterocycles. The Balaban J connectivity index is 2.01. The fourth-order valence-corrected chi connectivity index (χ4v) is 3.94. The minimum absolute atomic E-state index is 0.0739. The maximum atomic E-state index is 13.0. The second-order valence-electron chi connectivity index (χ2n) is 6.89. The summed E-state index contributed by atoms with van der Waals surface area (Å²) in [4.78, 5) is 28.7. The Morgan fingerprint density at radius 1 is 1.25 bits per heavy atom. The first-order valence-electron chi connectivity index (χ1n) is 8.89. The number of Topliss-reactive ketones (excluding diaryl/α,β-unsaturated/α-hetero) is 2. The fourth-order valence-electron chi connectivity index (χ4n) is 3.65. The lowest BCUT2D eigenvalue weighted by atomic mass is 9.81. The first kappa shape index (κ1) is 20.9. The van der Waals surface area contributed by atoms with Gasteiger partial charge in [0.1, 0.15) is 17.0 Å². The monoisotopic (exact) mass is 415 g/mol. The number of nitrogens with zero attached hydrogens (tertiary/aromatic N) is 1. The van der Waals surface area contributed by atoms with Gasteiger partial charge in [-0.15, -0.1) is 0 Å². The molecule has 2 unspecified atom stereocenters. The highest BCUT2D eigenvalue weighted by atomic mass is 32.2. The van der Waals surface area contributed by atoms with Crippen LogP contribution in [0, 0.1) is 11.8 Å². The molecule has 2 bridgehead atoms. The predicted octanol–water partition coefficient (Wildman–Crippen LogP) is 3.82. The molecule has 2 aliphatic rings. The van der Waals surface area contributed by atoms with Gasteiger partial charge in [0.15, 0.2) is 11.6 Å². The van der Waals surface area contributed by atoms with Crippen molar-refractivity contribution in [1.82, 2.24) is 4.98 Å². The Bertz CT molecular complexity index is 798. The summed E-state index contributed by atoms with van der Waals surface area (Å²) < 4.78 is 44.5. The molecule has 0 radical (unpaired) electrons. The first-order chi connectivity index (χ1) is 13.2. The van der Waals surface area contributed by atoms with Gasteiger partial charge in [-0.1, -0.05) is 0 Å². The molecular formula is C19H20F3NO4S. The van der Waals surface area contributed by atoms with E-state index in [9.17, 15) is 27.9 Å². The maximum absolute atomic E-state index is 13.0. The summed E-state index contributed by atoms with van der Waals surface area (Å²) in [6.45, 7) is 0.0181. The van der Waals surface area contributed by atoms with Gasteiger partial charge >= 0.3 is 6.18 Å². The maximum Gasteiger partial charge on any atom is 0.433 e. The number of ketones is 2. The van der Waals surface area contributed by atoms with Gasteiger partial charge < -0.3 is 9.84 Å². The summed E-state index contributed by atoms with van der Waals surface area (Å²) in [7, 11) is 0. The van der Waals surface area contributed by atoms with Gasteiger partial charge in [0.05, 0.1) is 18.9 Å². The number of pyridine rings is 1. The molecule has 5 nitrogen and oxygen atoms in total. The molecule has 28 heavy (non-hydrogen) atoms. The lowest BCUT2D eigenvalue weighted by molar-refractivity contribution is -0.141. The number of fused-ring (bicyclic) bond motifs is 2. The number of ether oxygens (including phenoxy) is 1. The Labute approximate surface area is 164 Å². The fraction of sp³-hybridized carbons (Fsp3) is 0.526. The lowest BCUT2D eigenvalue weighted by Gasteiger charge is -2.21. The van der Waals surface area contributed by atoms with E-state index in [0.29, 0.717) is 25.0 Å². The third kappa shape index (κ3) is 4.10. The molecule has 0 aliphatic heterocycles. The number of aliphatic hydroxyl groups is 1. The van der Waals surface area contributed by atoms with Gasteiger partial charge in [0.25, 0.3) is 0 Å². The standard InChI is InChI=1S/C19H20F3NO4S/c1-28-7-6-27-9-13-12(4-5-14(23-13)19(20,21)22)18(26)15-16(24)10-2-3-11(8-10)17(15)25/h4-5,10-11,26H,2-3,6-9H2,1H3. The van der Waals surface area contributed by atoms with E-state index < -0.39 is 29.2 Å². The first-order valence-corrected chi connectivity index (χ1v) is 10.3. The van der Waals surface area contributed by atoms with E-state index in [1.54, 1.807) is 0 Å². The minimum atomic E-state index is -4.66. The van der Waals surface area contributed by atoms with Crippen LogP contribution < -0.4 is 0 Å². The van der Waals surface area contributed by atoms with Crippen molar-refractivity contribution in [2.45, 2.75) is 32.0 Å². The van der Waals surface area contributed by atoms with E-state index in [1.165, 1.54) is 11.8 Å². The van der Waals surface area contributed by atoms with Crippen LogP contribution in [0.3, 0.4) is 0 Å². The highest BCUT2D eigenvalue weighted by molar-refractivity contribution is 7.98. The number of thioether (sulfide) groups is 1. The van der Waals surface area contributed by atoms with Crippen molar-refractivity contribution in [3.05, 3.63) is 34.7 Å². The SMILES string of the molecule is CSCCOCc1nc(C(F)(F)F)ccc1C(O)=C1C(=O)C2CCC(C2)C1=O. The van der Waals surface area contributed by atoms with E-state index in [4.69, 9.17) is 4.74 Å². The van der Waals surface area contributed by atoms with Gasteiger partial charge in [-0.05, 0) is 37.7 Å². The topological polar surface area (TPSA) is 76.5 Å². The van der Waals surface area contributed by atoms with Crippen molar-refractivity contribution in [3.63, 3.8) is 0 Å². The summed E-state index contributed by atoms with van der Waals surface area (Å²) in [5.74, 6) is -1.47. The minimum Gasteiger partial charge on any atom is -0.506 e. The van der Waals surface area contributed by atoms with Crippen molar-refractivity contribution in [2.75, 3.05) is 18.6 Å². The largest absolute Gasteiger partial charge is 0.506 e. The van der Waals surface area contributed by atoms with E-state index in [1.807, 2.05) is 6.26 Å². The number of alkyl halides is 3. The van der Waals surface area contributed by atoms with Gasteiger partial charge in [-0.2, -0.15) is 24.9 Å². The highest BCUT2D eigenvalue weighted by Crippen LogP contribution is 2.42. The second-order valence-corrected chi connectivity index (χ2v) is 7.88. The summed E-state index contributed by atoms with van der Waals surface area (Å²) in [6.07, 6.45) is -1.15. The molecule has 0 aromatic carbocycles. The molecule has 1 aromatic heterocycles. The molecule has 0 spiro atoms. The molecule has 3 rings (SSSR count).